The fourth-order valence-electron chi connectivity index (χ4n) is 4.66. The average molecular weight is 404 g/mol. The zero-order valence-corrected chi connectivity index (χ0v) is 19.5. The number of rotatable bonds is 7. The molecule has 4 nitrogen and oxygen atoms in total. The van der Waals surface area contributed by atoms with Crippen molar-refractivity contribution in [3.63, 3.8) is 0 Å². The molecule has 0 N–H and O–H groups in total. The van der Waals surface area contributed by atoms with E-state index in [0.717, 1.165) is 12.0 Å². The molecule has 0 aromatic heterocycles. The summed E-state index contributed by atoms with van der Waals surface area (Å²) >= 11 is 0. The predicted molar refractivity (Wildman–Crippen MR) is 118 cm³/mol. The van der Waals surface area contributed by atoms with E-state index in [-0.39, 0.29) is 24.8 Å². The van der Waals surface area contributed by atoms with Crippen LogP contribution in [0.5, 0.6) is 0 Å². The first-order valence-corrected chi connectivity index (χ1v) is 12.7. The first-order chi connectivity index (χ1) is 13.2. The van der Waals surface area contributed by atoms with Gasteiger partial charge in [-0.25, -0.2) is 4.79 Å². The molecule has 1 aliphatic rings. The standard InChI is InChI=1S/C23H37NO3Si/c1-17(2)28(18(3)4,19(5)6)27-22-14-11-15-24(20(22)7)23(25)26-16-21-12-9-8-10-13-21/h8-13,15,17-20,22H,14,16H2,1-7H3/t20-,22+/m0/s1. The van der Waals surface area contributed by atoms with E-state index in [1.165, 1.54) is 0 Å². The lowest BCUT2D eigenvalue weighted by Gasteiger charge is -2.47. The minimum Gasteiger partial charge on any atom is -0.444 e. The third-order valence-electron chi connectivity index (χ3n) is 6.09. The van der Waals surface area contributed by atoms with Gasteiger partial charge in [-0.15, -0.1) is 0 Å². The lowest BCUT2D eigenvalue weighted by molar-refractivity contribution is 0.0542. The molecule has 0 aliphatic carbocycles. The SMILES string of the molecule is CC(C)[Si](O[C@@H]1CC=CN(C(=O)OCc2ccccc2)[C@H]1C)(C(C)C)C(C)C. The van der Waals surface area contributed by atoms with Crippen LogP contribution < -0.4 is 0 Å². The maximum atomic E-state index is 12.7. The van der Waals surface area contributed by atoms with Crippen LogP contribution in [-0.4, -0.2) is 31.5 Å². The highest BCUT2D eigenvalue weighted by Gasteiger charge is 2.48. The monoisotopic (exact) mass is 403 g/mol. The molecule has 1 aromatic rings. The van der Waals surface area contributed by atoms with Crippen LogP contribution in [-0.2, 0) is 15.8 Å². The topological polar surface area (TPSA) is 38.8 Å². The van der Waals surface area contributed by atoms with Crippen molar-refractivity contribution in [3.05, 3.63) is 48.2 Å². The maximum absolute atomic E-state index is 12.7. The van der Waals surface area contributed by atoms with Gasteiger partial charge in [0.25, 0.3) is 0 Å². The molecule has 5 heteroatoms. The summed E-state index contributed by atoms with van der Waals surface area (Å²) in [6, 6.07) is 9.73. The van der Waals surface area contributed by atoms with Gasteiger partial charge in [-0.05, 0) is 35.5 Å². The van der Waals surface area contributed by atoms with E-state index < -0.39 is 8.32 Å². The van der Waals surface area contributed by atoms with Crippen LogP contribution >= 0.6 is 0 Å². The maximum Gasteiger partial charge on any atom is 0.414 e. The van der Waals surface area contributed by atoms with E-state index in [2.05, 4.69) is 48.5 Å². The number of hydrogen-bond donors (Lipinski definition) is 0. The van der Waals surface area contributed by atoms with Crippen LogP contribution in [0.4, 0.5) is 4.79 Å². The third kappa shape index (κ3) is 4.87. The molecule has 0 saturated heterocycles. The average Bonchev–Trinajstić information content (AvgIpc) is 2.65. The summed E-state index contributed by atoms with van der Waals surface area (Å²) in [6.45, 7) is 16.1. The van der Waals surface area contributed by atoms with Crippen LogP contribution in [0.15, 0.2) is 42.6 Å². The largest absolute Gasteiger partial charge is 0.444 e. The van der Waals surface area contributed by atoms with Crippen molar-refractivity contribution < 1.29 is 14.0 Å². The number of nitrogens with zero attached hydrogens (tertiary/aromatic N) is 1. The molecule has 0 fully saturated rings. The van der Waals surface area contributed by atoms with E-state index >= 15 is 0 Å². The number of carbonyl (C=O) groups excluding carboxylic acids is 1. The minimum absolute atomic E-state index is 0.00754. The molecule has 1 heterocycles. The van der Waals surface area contributed by atoms with Crippen molar-refractivity contribution >= 4 is 14.4 Å². The Morgan fingerprint density at radius 2 is 1.64 bits per heavy atom. The lowest BCUT2D eigenvalue weighted by atomic mass is 10.1. The molecule has 0 saturated carbocycles. The molecule has 156 valence electrons. The zero-order chi connectivity index (χ0) is 20.9. The van der Waals surface area contributed by atoms with Crippen LogP contribution in [0.3, 0.4) is 0 Å². The Morgan fingerprint density at radius 1 is 1.07 bits per heavy atom. The second kappa shape index (κ2) is 9.75. The number of benzene rings is 1. The highest BCUT2D eigenvalue weighted by atomic mass is 28.4. The Labute approximate surface area is 172 Å². The first-order valence-electron chi connectivity index (χ1n) is 10.5. The Kier molecular flexibility index (Phi) is 7.90. The number of hydrogen-bond acceptors (Lipinski definition) is 3. The quantitative estimate of drug-likeness (QED) is 0.488. The zero-order valence-electron chi connectivity index (χ0n) is 18.5. The molecule has 0 bridgehead atoms. The Bertz CT molecular complexity index is 635. The van der Waals surface area contributed by atoms with Crippen molar-refractivity contribution in [3.8, 4) is 0 Å². The van der Waals surface area contributed by atoms with Crippen LogP contribution in [0, 0.1) is 0 Å². The molecule has 2 rings (SSSR count). The molecular formula is C23H37NO3Si. The highest BCUT2D eigenvalue weighted by Crippen LogP contribution is 2.44. The van der Waals surface area contributed by atoms with E-state index in [0.29, 0.717) is 16.6 Å². The van der Waals surface area contributed by atoms with Gasteiger partial charge in [-0.1, -0.05) is 78.0 Å². The van der Waals surface area contributed by atoms with Crippen molar-refractivity contribution in [2.75, 3.05) is 0 Å². The summed E-state index contributed by atoms with van der Waals surface area (Å²) in [5, 5.41) is 0. The van der Waals surface area contributed by atoms with Crippen LogP contribution in [0.2, 0.25) is 16.6 Å². The molecule has 0 spiro atoms. The summed E-state index contributed by atoms with van der Waals surface area (Å²) in [4.78, 5) is 14.4. The predicted octanol–water partition coefficient (Wildman–Crippen LogP) is 6.49. The van der Waals surface area contributed by atoms with Crippen molar-refractivity contribution in [1.82, 2.24) is 4.90 Å². The van der Waals surface area contributed by atoms with E-state index in [9.17, 15) is 4.79 Å². The van der Waals surface area contributed by atoms with Crippen LogP contribution in [0.1, 0.15) is 60.5 Å². The molecule has 1 amide bonds. The number of amides is 1. The normalized spacial score (nSPS) is 20.3. The van der Waals surface area contributed by atoms with E-state index in [4.69, 9.17) is 9.16 Å². The van der Waals surface area contributed by atoms with Crippen LogP contribution in [0.25, 0.3) is 0 Å². The molecule has 0 unspecified atom stereocenters. The van der Waals surface area contributed by atoms with Gasteiger partial charge in [0.2, 0.25) is 8.32 Å². The Balaban J connectivity index is 2.10. The smallest absolute Gasteiger partial charge is 0.414 e. The van der Waals surface area contributed by atoms with Gasteiger partial charge in [0, 0.05) is 6.20 Å². The van der Waals surface area contributed by atoms with E-state index in [1.807, 2.05) is 42.6 Å². The fourth-order valence-corrected chi connectivity index (χ4v) is 10.3. The first kappa shape index (κ1) is 22.7. The minimum atomic E-state index is -2.00. The summed E-state index contributed by atoms with van der Waals surface area (Å²) in [7, 11) is -2.00. The summed E-state index contributed by atoms with van der Waals surface area (Å²) in [5.74, 6) is 0. The molecule has 28 heavy (non-hydrogen) atoms. The second-order valence-corrected chi connectivity index (χ2v) is 14.2. The van der Waals surface area contributed by atoms with E-state index in [1.54, 1.807) is 4.90 Å². The van der Waals surface area contributed by atoms with Gasteiger partial charge in [0.15, 0.2) is 0 Å². The second-order valence-electron chi connectivity index (χ2n) is 8.78. The molecular weight excluding hydrogens is 366 g/mol. The van der Waals surface area contributed by atoms with Crippen molar-refractivity contribution in [2.24, 2.45) is 0 Å². The van der Waals surface area contributed by atoms with Crippen molar-refractivity contribution in [1.29, 1.82) is 0 Å². The number of carbonyl (C=O) groups is 1. The van der Waals surface area contributed by atoms with Crippen molar-refractivity contribution in [2.45, 2.75) is 90.3 Å². The fraction of sp³-hybridized carbons (Fsp3) is 0.609. The van der Waals surface area contributed by atoms with Gasteiger partial charge >= 0.3 is 6.09 Å². The number of ether oxygens (including phenoxy) is 1. The summed E-state index contributed by atoms with van der Waals surface area (Å²) in [6.07, 6.45) is 4.42. The lowest BCUT2D eigenvalue weighted by Crippen LogP contribution is -2.55. The Morgan fingerprint density at radius 3 is 2.18 bits per heavy atom. The van der Waals surface area contributed by atoms with Gasteiger partial charge in [-0.2, -0.15) is 0 Å². The van der Waals surface area contributed by atoms with Gasteiger partial charge in [-0.3, -0.25) is 4.90 Å². The molecule has 0 radical (unpaired) electrons. The summed E-state index contributed by atoms with van der Waals surface area (Å²) in [5.41, 5.74) is 2.54. The van der Waals surface area contributed by atoms with Gasteiger partial charge in [0.05, 0.1) is 12.1 Å². The highest BCUT2D eigenvalue weighted by molar-refractivity contribution is 6.77. The molecule has 1 aromatic carbocycles. The third-order valence-corrected chi connectivity index (χ3v) is 12.2. The molecule has 2 atom stereocenters. The summed E-state index contributed by atoms with van der Waals surface area (Å²) < 4.78 is 12.5. The van der Waals surface area contributed by atoms with Gasteiger partial charge in [0.1, 0.15) is 6.61 Å². The molecule has 1 aliphatic heterocycles. The van der Waals surface area contributed by atoms with Gasteiger partial charge < -0.3 is 9.16 Å². The Hall–Kier alpha value is -1.59.